The fraction of sp³-hybridized carbons (Fsp3) is 0.250. The minimum absolute atomic E-state index is 0.178. The number of aromatic nitrogens is 1. The lowest BCUT2D eigenvalue weighted by molar-refractivity contribution is -0.136. The largest absolute Gasteiger partial charge is 0.497 e. The van der Waals surface area contributed by atoms with Gasteiger partial charge in [0.05, 0.1) is 20.6 Å². The average Bonchev–Trinajstić information content (AvgIpc) is 2.82. The smallest absolute Gasteiger partial charge is 0.309 e. The zero-order chi connectivity index (χ0) is 16.3. The third-order valence-electron chi connectivity index (χ3n) is 3.42. The molecule has 0 fully saturated rings. The number of hydrogen-bond donors (Lipinski definition) is 1. The van der Waals surface area contributed by atoms with Gasteiger partial charge in [0.15, 0.2) is 0 Å². The van der Waals surface area contributed by atoms with Crippen molar-refractivity contribution in [2.45, 2.75) is 6.42 Å². The third kappa shape index (κ3) is 2.95. The van der Waals surface area contributed by atoms with Crippen LogP contribution in [0.4, 0.5) is 0 Å². The number of ether oxygens (including phenoxy) is 2. The van der Waals surface area contributed by atoms with Gasteiger partial charge in [-0.3, -0.25) is 9.59 Å². The minimum Gasteiger partial charge on any atom is -0.497 e. The molecule has 1 aromatic carbocycles. The molecular weight excluding hydrogens is 286 g/mol. The number of ketones is 1. The van der Waals surface area contributed by atoms with Crippen molar-refractivity contribution in [2.24, 2.45) is 7.05 Å². The van der Waals surface area contributed by atoms with Crippen LogP contribution in [0, 0.1) is 0 Å². The summed E-state index contributed by atoms with van der Waals surface area (Å²) in [4.78, 5) is 23.5. The number of carbonyl (C=O) groups is 2. The first-order valence-corrected chi connectivity index (χ1v) is 6.61. The van der Waals surface area contributed by atoms with E-state index in [1.165, 1.54) is 7.11 Å². The number of hydrogen-bond acceptors (Lipinski definition) is 4. The van der Waals surface area contributed by atoms with Crippen molar-refractivity contribution in [3.8, 4) is 11.5 Å². The Morgan fingerprint density at radius 2 is 1.77 bits per heavy atom. The van der Waals surface area contributed by atoms with Crippen molar-refractivity contribution in [3.63, 3.8) is 0 Å². The van der Waals surface area contributed by atoms with E-state index in [4.69, 9.17) is 14.6 Å². The molecule has 0 saturated carbocycles. The first-order chi connectivity index (χ1) is 10.5. The Hall–Kier alpha value is -2.76. The Balaban J connectivity index is 2.43. The van der Waals surface area contributed by atoms with Gasteiger partial charge in [-0.25, -0.2) is 0 Å². The van der Waals surface area contributed by atoms with Gasteiger partial charge in [0.1, 0.15) is 17.2 Å². The molecule has 0 aliphatic heterocycles. The Labute approximate surface area is 127 Å². The van der Waals surface area contributed by atoms with E-state index >= 15 is 0 Å². The lowest BCUT2D eigenvalue weighted by Crippen LogP contribution is -2.12. The van der Waals surface area contributed by atoms with E-state index in [0.717, 1.165) is 0 Å². The standard InChI is InChI=1S/C16H17NO5/c1-17-11(9-14(18)19)8-13(22-3)15(17)16(20)10-4-6-12(21-2)7-5-10/h4-8H,9H2,1-3H3,(H,18,19). The van der Waals surface area contributed by atoms with Crippen molar-refractivity contribution in [1.82, 2.24) is 4.57 Å². The van der Waals surface area contributed by atoms with Gasteiger partial charge in [-0.2, -0.15) is 0 Å². The molecule has 22 heavy (non-hydrogen) atoms. The molecule has 0 saturated heterocycles. The van der Waals surface area contributed by atoms with E-state index in [9.17, 15) is 9.59 Å². The topological polar surface area (TPSA) is 77.8 Å². The van der Waals surface area contributed by atoms with Gasteiger partial charge in [-0.15, -0.1) is 0 Å². The van der Waals surface area contributed by atoms with Crippen molar-refractivity contribution in [2.75, 3.05) is 14.2 Å². The third-order valence-corrected chi connectivity index (χ3v) is 3.42. The zero-order valence-corrected chi connectivity index (χ0v) is 12.6. The highest BCUT2D eigenvalue weighted by molar-refractivity contribution is 6.10. The number of methoxy groups -OCH3 is 2. The Bertz CT molecular complexity index is 700. The number of rotatable bonds is 6. The highest BCUT2D eigenvalue weighted by atomic mass is 16.5. The molecule has 0 spiro atoms. The molecule has 0 radical (unpaired) electrons. The molecule has 0 unspecified atom stereocenters. The summed E-state index contributed by atoms with van der Waals surface area (Å²) in [6.45, 7) is 0. The van der Waals surface area contributed by atoms with Crippen molar-refractivity contribution < 1.29 is 24.2 Å². The first kappa shape index (κ1) is 15.6. The van der Waals surface area contributed by atoms with Crippen molar-refractivity contribution in [1.29, 1.82) is 0 Å². The predicted octanol–water partition coefficient (Wildman–Crippen LogP) is 1.90. The fourth-order valence-corrected chi connectivity index (χ4v) is 2.25. The highest BCUT2D eigenvalue weighted by Crippen LogP contribution is 2.26. The second-order valence-electron chi connectivity index (χ2n) is 4.74. The van der Waals surface area contributed by atoms with E-state index < -0.39 is 5.97 Å². The molecule has 6 heteroatoms. The van der Waals surface area contributed by atoms with E-state index in [1.54, 1.807) is 49.1 Å². The van der Waals surface area contributed by atoms with E-state index in [2.05, 4.69) is 0 Å². The van der Waals surface area contributed by atoms with Crippen LogP contribution >= 0.6 is 0 Å². The number of carbonyl (C=O) groups excluding carboxylic acids is 1. The molecular formula is C16H17NO5. The molecule has 0 atom stereocenters. The first-order valence-electron chi connectivity index (χ1n) is 6.61. The normalized spacial score (nSPS) is 10.3. The van der Waals surface area contributed by atoms with Crippen molar-refractivity contribution in [3.05, 3.63) is 47.3 Å². The number of aliphatic carboxylic acids is 1. The van der Waals surface area contributed by atoms with Crippen LogP contribution in [0.1, 0.15) is 21.7 Å². The van der Waals surface area contributed by atoms with Crippen LogP contribution < -0.4 is 9.47 Å². The molecule has 116 valence electrons. The SMILES string of the molecule is COc1ccc(C(=O)c2c(OC)cc(CC(=O)O)n2C)cc1. The fourth-order valence-electron chi connectivity index (χ4n) is 2.25. The molecule has 6 nitrogen and oxygen atoms in total. The number of nitrogens with zero attached hydrogens (tertiary/aromatic N) is 1. The van der Waals surface area contributed by atoms with Crippen LogP contribution in [0.25, 0.3) is 0 Å². The molecule has 2 rings (SSSR count). The summed E-state index contributed by atoms with van der Waals surface area (Å²) in [5.74, 6) is -0.188. The number of carboxylic acid groups (broad SMARTS) is 1. The van der Waals surface area contributed by atoms with Crippen LogP contribution in [0.5, 0.6) is 11.5 Å². The molecule has 0 bridgehead atoms. The van der Waals surface area contributed by atoms with E-state index in [-0.39, 0.29) is 12.2 Å². The molecule has 2 aromatic rings. The van der Waals surface area contributed by atoms with Gasteiger partial charge >= 0.3 is 5.97 Å². The lowest BCUT2D eigenvalue weighted by Gasteiger charge is -2.08. The van der Waals surface area contributed by atoms with Crippen LogP contribution in [0.3, 0.4) is 0 Å². The second kappa shape index (κ2) is 6.34. The highest BCUT2D eigenvalue weighted by Gasteiger charge is 2.22. The zero-order valence-electron chi connectivity index (χ0n) is 12.6. The van der Waals surface area contributed by atoms with Crippen molar-refractivity contribution >= 4 is 11.8 Å². The van der Waals surface area contributed by atoms with Gasteiger partial charge in [-0.05, 0) is 24.3 Å². The van der Waals surface area contributed by atoms with Gasteiger partial charge in [-0.1, -0.05) is 0 Å². The Morgan fingerprint density at radius 3 is 2.27 bits per heavy atom. The summed E-state index contributed by atoms with van der Waals surface area (Å²) in [6, 6.07) is 8.28. The second-order valence-corrected chi connectivity index (χ2v) is 4.74. The van der Waals surface area contributed by atoms with E-state index in [1.807, 2.05) is 0 Å². The molecule has 0 aliphatic rings. The van der Waals surface area contributed by atoms with Gasteiger partial charge in [0.2, 0.25) is 5.78 Å². The summed E-state index contributed by atoms with van der Waals surface area (Å²) in [5, 5.41) is 8.92. The Kier molecular flexibility index (Phi) is 4.50. The summed E-state index contributed by atoms with van der Waals surface area (Å²) >= 11 is 0. The maximum Gasteiger partial charge on any atom is 0.309 e. The summed E-state index contributed by atoms with van der Waals surface area (Å²) < 4.78 is 11.8. The minimum atomic E-state index is -0.966. The monoisotopic (exact) mass is 303 g/mol. The Morgan fingerprint density at radius 1 is 1.14 bits per heavy atom. The van der Waals surface area contributed by atoms with Crippen LogP contribution in [-0.2, 0) is 18.3 Å². The maximum atomic E-state index is 12.7. The molecule has 1 N–H and O–H groups in total. The van der Waals surface area contributed by atoms with Gasteiger partial charge in [0, 0.05) is 24.4 Å². The van der Waals surface area contributed by atoms with E-state index in [0.29, 0.717) is 28.5 Å². The van der Waals surface area contributed by atoms with Gasteiger partial charge < -0.3 is 19.1 Å². The summed E-state index contributed by atoms with van der Waals surface area (Å²) in [5.41, 5.74) is 1.30. The van der Waals surface area contributed by atoms with Crippen LogP contribution in [0.15, 0.2) is 30.3 Å². The van der Waals surface area contributed by atoms with Gasteiger partial charge in [0.25, 0.3) is 0 Å². The van der Waals surface area contributed by atoms with Crippen LogP contribution in [0.2, 0.25) is 0 Å². The summed E-state index contributed by atoms with van der Waals surface area (Å²) in [6.07, 6.45) is -0.178. The predicted molar refractivity (Wildman–Crippen MR) is 79.7 cm³/mol. The number of carboxylic acids is 1. The quantitative estimate of drug-likeness (QED) is 0.825. The lowest BCUT2D eigenvalue weighted by atomic mass is 10.1. The molecule has 0 aliphatic carbocycles. The summed E-state index contributed by atoms with van der Waals surface area (Å²) in [7, 11) is 4.65. The maximum absolute atomic E-state index is 12.7. The molecule has 1 heterocycles. The molecule has 1 aromatic heterocycles. The van der Waals surface area contributed by atoms with Crippen LogP contribution in [-0.4, -0.2) is 35.6 Å². The average molecular weight is 303 g/mol. The number of benzene rings is 1. The molecule has 0 amide bonds.